The lowest BCUT2D eigenvalue weighted by Crippen LogP contribution is -2.25. The number of pyridine rings is 1. The minimum Gasteiger partial charge on any atom is -0.322 e. The Hall–Kier alpha value is -2.75. The minimum atomic E-state index is -0.297. The summed E-state index contributed by atoms with van der Waals surface area (Å²) < 4.78 is 0. The van der Waals surface area contributed by atoms with E-state index in [0.29, 0.717) is 5.69 Å². The Morgan fingerprint density at radius 3 is 2.55 bits per heavy atom. The molecule has 2 aromatic rings. The van der Waals surface area contributed by atoms with Crippen molar-refractivity contribution >= 4 is 18.3 Å². The predicted octanol–water partition coefficient (Wildman–Crippen LogP) is 1.89. The molecular formula is C16H13N2O2. The molecule has 1 aromatic carbocycles. The van der Waals surface area contributed by atoms with Crippen LogP contribution in [0, 0.1) is 0 Å². The van der Waals surface area contributed by atoms with Crippen LogP contribution in [0.1, 0.15) is 11.3 Å². The number of hydrogen-bond acceptors (Lipinski definition) is 3. The Bertz CT molecular complexity index is 607. The number of carbonyl (C=O) groups excluding carboxylic acids is 2. The van der Waals surface area contributed by atoms with Crippen LogP contribution in [-0.4, -0.2) is 17.2 Å². The average molecular weight is 265 g/mol. The first-order valence-corrected chi connectivity index (χ1v) is 6.12. The summed E-state index contributed by atoms with van der Waals surface area (Å²) >= 11 is 0. The van der Waals surface area contributed by atoms with Crippen LogP contribution >= 0.6 is 0 Å². The quantitative estimate of drug-likeness (QED) is 0.840. The van der Waals surface area contributed by atoms with Crippen molar-refractivity contribution in [2.45, 2.75) is 6.42 Å². The molecule has 99 valence electrons. The van der Waals surface area contributed by atoms with E-state index in [9.17, 15) is 9.59 Å². The van der Waals surface area contributed by atoms with Crippen molar-refractivity contribution in [1.82, 2.24) is 10.3 Å². The van der Waals surface area contributed by atoms with E-state index in [4.69, 9.17) is 0 Å². The molecule has 1 heterocycles. The summed E-state index contributed by atoms with van der Waals surface area (Å²) in [4.78, 5) is 26.7. The number of rotatable bonds is 5. The molecule has 20 heavy (non-hydrogen) atoms. The fourth-order valence-corrected chi connectivity index (χ4v) is 1.67. The number of allylic oxidation sites excluding steroid dienone is 1. The molecule has 0 aliphatic carbocycles. The van der Waals surface area contributed by atoms with E-state index in [1.807, 2.05) is 36.4 Å². The lowest BCUT2D eigenvalue weighted by molar-refractivity contribution is -0.119. The molecule has 0 saturated carbocycles. The van der Waals surface area contributed by atoms with Crippen LogP contribution < -0.4 is 5.32 Å². The second-order valence-corrected chi connectivity index (χ2v) is 4.12. The molecule has 4 heteroatoms. The molecule has 1 aromatic heterocycles. The van der Waals surface area contributed by atoms with Crippen molar-refractivity contribution in [3.8, 4) is 0 Å². The van der Waals surface area contributed by atoms with Gasteiger partial charge < -0.3 is 5.32 Å². The monoisotopic (exact) mass is 265 g/mol. The minimum absolute atomic E-state index is 0.108. The first-order valence-electron chi connectivity index (χ1n) is 6.12. The third-order valence-electron chi connectivity index (χ3n) is 2.56. The van der Waals surface area contributed by atoms with Crippen LogP contribution in [0.4, 0.5) is 0 Å². The molecule has 0 unspecified atom stereocenters. The number of nitrogens with zero attached hydrogens (tertiary/aromatic N) is 1. The standard InChI is InChI=1S/C16H13N2O2/c19-12-15(10-13-6-2-1-3-7-13)18-16(20)11-14-8-4-5-9-17-14/h1-10H,11H2,(H,18,20). The third-order valence-corrected chi connectivity index (χ3v) is 2.56. The Morgan fingerprint density at radius 2 is 1.90 bits per heavy atom. The molecule has 4 nitrogen and oxygen atoms in total. The highest BCUT2D eigenvalue weighted by Gasteiger charge is 2.06. The lowest BCUT2D eigenvalue weighted by atomic mass is 10.2. The van der Waals surface area contributed by atoms with Gasteiger partial charge in [0.1, 0.15) is 0 Å². The number of hydrogen-bond donors (Lipinski definition) is 1. The zero-order valence-electron chi connectivity index (χ0n) is 10.7. The lowest BCUT2D eigenvalue weighted by Gasteiger charge is -2.03. The van der Waals surface area contributed by atoms with E-state index >= 15 is 0 Å². The first kappa shape index (κ1) is 13.7. The van der Waals surface area contributed by atoms with Gasteiger partial charge in [0.05, 0.1) is 12.1 Å². The maximum Gasteiger partial charge on any atom is 0.251 e. The molecular weight excluding hydrogens is 252 g/mol. The molecule has 1 amide bonds. The van der Waals surface area contributed by atoms with Gasteiger partial charge in [-0.1, -0.05) is 36.4 Å². The van der Waals surface area contributed by atoms with E-state index < -0.39 is 0 Å². The Labute approximate surface area is 117 Å². The third kappa shape index (κ3) is 4.17. The summed E-state index contributed by atoms with van der Waals surface area (Å²) in [6, 6.07) is 14.6. The van der Waals surface area contributed by atoms with Crippen molar-refractivity contribution in [2.75, 3.05) is 0 Å². The zero-order valence-corrected chi connectivity index (χ0v) is 10.7. The maximum absolute atomic E-state index is 11.8. The fraction of sp³-hybridized carbons (Fsp3) is 0.0625. The van der Waals surface area contributed by atoms with Gasteiger partial charge in [-0.25, -0.2) is 0 Å². The van der Waals surface area contributed by atoms with Gasteiger partial charge in [-0.2, -0.15) is 0 Å². The van der Waals surface area contributed by atoms with Crippen LogP contribution in [0.15, 0.2) is 60.4 Å². The van der Waals surface area contributed by atoms with Crippen molar-refractivity contribution in [3.05, 3.63) is 71.7 Å². The molecule has 0 saturated heterocycles. The normalized spacial score (nSPS) is 10.9. The molecule has 0 bridgehead atoms. The maximum atomic E-state index is 11.8. The number of benzene rings is 1. The van der Waals surface area contributed by atoms with Crippen molar-refractivity contribution in [3.63, 3.8) is 0 Å². The van der Waals surface area contributed by atoms with Crippen molar-refractivity contribution in [2.24, 2.45) is 0 Å². The summed E-state index contributed by atoms with van der Waals surface area (Å²) in [5.74, 6) is -0.297. The Kier molecular flexibility index (Phi) is 4.78. The van der Waals surface area contributed by atoms with E-state index in [1.54, 1.807) is 30.7 Å². The van der Waals surface area contributed by atoms with Gasteiger partial charge in [0.2, 0.25) is 5.91 Å². The smallest absolute Gasteiger partial charge is 0.251 e. The molecule has 1 N–H and O–H groups in total. The number of nitrogens with one attached hydrogen (secondary N) is 1. The van der Waals surface area contributed by atoms with Crippen LogP contribution in [0.5, 0.6) is 0 Å². The number of carbonyl (C=O) groups is 1. The summed E-state index contributed by atoms with van der Waals surface area (Å²) in [7, 11) is 0. The van der Waals surface area contributed by atoms with Crippen LogP contribution in [0.25, 0.3) is 6.08 Å². The molecule has 0 aliphatic rings. The zero-order chi connectivity index (χ0) is 14.2. The number of aromatic nitrogens is 1. The Morgan fingerprint density at radius 1 is 1.15 bits per heavy atom. The molecule has 2 rings (SSSR count). The summed E-state index contributed by atoms with van der Waals surface area (Å²) in [5.41, 5.74) is 1.58. The van der Waals surface area contributed by atoms with E-state index in [-0.39, 0.29) is 18.0 Å². The summed E-state index contributed by atoms with van der Waals surface area (Å²) in [5, 5.41) is 2.52. The van der Waals surface area contributed by atoms with Crippen molar-refractivity contribution in [1.29, 1.82) is 0 Å². The first-order chi connectivity index (χ1) is 9.78. The second kappa shape index (κ2) is 6.99. The van der Waals surface area contributed by atoms with Crippen molar-refractivity contribution < 1.29 is 9.59 Å². The van der Waals surface area contributed by atoms with Gasteiger partial charge in [-0.3, -0.25) is 14.6 Å². The average Bonchev–Trinajstić information content (AvgIpc) is 2.48. The molecule has 0 spiro atoms. The molecule has 0 atom stereocenters. The van der Waals surface area contributed by atoms with Gasteiger partial charge in [0.25, 0.3) is 6.29 Å². The SMILES string of the molecule is O=[C]C(=Cc1ccccc1)NC(=O)Cc1ccccn1. The van der Waals surface area contributed by atoms with Crippen LogP contribution in [-0.2, 0) is 16.0 Å². The summed E-state index contributed by atoms with van der Waals surface area (Å²) in [6.45, 7) is 0. The topological polar surface area (TPSA) is 59.1 Å². The highest BCUT2D eigenvalue weighted by atomic mass is 16.2. The fourth-order valence-electron chi connectivity index (χ4n) is 1.67. The molecule has 1 radical (unpaired) electrons. The van der Waals surface area contributed by atoms with E-state index in [1.165, 1.54) is 0 Å². The predicted molar refractivity (Wildman–Crippen MR) is 76.2 cm³/mol. The van der Waals surface area contributed by atoms with Gasteiger partial charge in [-0.15, -0.1) is 0 Å². The van der Waals surface area contributed by atoms with E-state index in [0.717, 1.165) is 5.56 Å². The highest BCUT2D eigenvalue weighted by Crippen LogP contribution is 2.04. The van der Waals surface area contributed by atoms with Gasteiger partial charge in [-0.05, 0) is 23.8 Å². The Balaban J connectivity index is 2.02. The van der Waals surface area contributed by atoms with Crippen LogP contribution in [0.2, 0.25) is 0 Å². The van der Waals surface area contributed by atoms with E-state index in [2.05, 4.69) is 10.3 Å². The van der Waals surface area contributed by atoms with Crippen LogP contribution in [0.3, 0.4) is 0 Å². The highest BCUT2D eigenvalue weighted by molar-refractivity contribution is 5.90. The van der Waals surface area contributed by atoms with Gasteiger partial charge >= 0.3 is 0 Å². The molecule has 0 fully saturated rings. The number of amides is 1. The van der Waals surface area contributed by atoms with Gasteiger partial charge in [0.15, 0.2) is 0 Å². The second-order valence-electron chi connectivity index (χ2n) is 4.12. The summed E-state index contributed by atoms with van der Waals surface area (Å²) in [6.07, 6.45) is 5.04. The molecule has 0 aliphatic heterocycles. The van der Waals surface area contributed by atoms with Gasteiger partial charge in [0, 0.05) is 11.9 Å². The largest absolute Gasteiger partial charge is 0.322 e.